The maximum absolute atomic E-state index is 12.5. The van der Waals surface area contributed by atoms with Crippen molar-refractivity contribution in [2.24, 2.45) is 5.92 Å². The van der Waals surface area contributed by atoms with E-state index in [1.807, 2.05) is 36.4 Å². The Morgan fingerprint density at radius 2 is 1.61 bits per heavy atom. The monoisotopic (exact) mass is 381 g/mol. The first-order valence-electron chi connectivity index (χ1n) is 9.38. The van der Waals surface area contributed by atoms with Crippen molar-refractivity contribution in [3.63, 3.8) is 0 Å². The van der Waals surface area contributed by atoms with Crippen LogP contribution in [0.2, 0.25) is 0 Å². The van der Waals surface area contributed by atoms with E-state index in [9.17, 15) is 4.79 Å². The Bertz CT molecular complexity index is 906. The summed E-state index contributed by atoms with van der Waals surface area (Å²) in [7, 11) is 0. The summed E-state index contributed by atoms with van der Waals surface area (Å²) in [6.45, 7) is 5.47. The Balaban J connectivity index is 1.46. The summed E-state index contributed by atoms with van der Waals surface area (Å²) < 4.78 is 21.9. The molecule has 0 aromatic heterocycles. The minimum absolute atomic E-state index is 0.135. The molecule has 0 saturated carbocycles. The fourth-order valence-corrected chi connectivity index (χ4v) is 3.28. The number of ether oxygens (including phenoxy) is 4. The Labute approximate surface area is 164 Å². The highest BCUT2D eigenvalue weighted by Gasteiger charge is 2.21. The fourth-order valence-electron chi connectivity index (χ4n) is 3.28. The molecule has 2 aliphatic heterocycles. The lowest BCUT2D eigenvalue weighted by Crippen LogP contribution is -2.30. The highest BCUT2D eigenvalue weighted by molar-refractivity contribution is 5.92. The molecule has 2 aliphatic rings. The summed E-state index contributed by atoms with van der Waals surface area (Å²) in [4.78, 5) is 12.5. The maximum Gasteiger partial charge on any atom is 0.244 e. The van der Waals surface area contributed by atoms with E-state index in [1.165, 1.54) is 6.08 Å². The number of benzene rings is 2. The summed E-state index contributed by atoms with van der Waals surface area (Å²) in [6.07, 6.45) is 3.30. The predicted molar refractivity (Wildman–Crippen MR) is 105 cm³/mol. The van der Waals surface area contributed by atoms with Crippen molar-refractivity contribution in [2.45, 2.75) is 19.9 Å². The molecule has 1 atom stereocenters. The second kappa shape index (κ2) is 7.84. The van der Waals surface area contributed by atoms with Gasteiger partial charge in [0.2, 0.25) is 12.7 Å². The highest BCUT2D eigenvalue weighted by atomic mass is 16.7. The highest BCUT2D eigenvalue weighted by Crippen LogP contribution is 2.35. The lowest BCUT2D eigenvalue weighted by atomic mass is 9.95. The number of carbonyl (C=O) groups excluding carboxylic acids is 1. The van der Waals surface area contributed by atoms with Crippen LogP contribution in [0.25, 0.3) is 6.08 Å². The third-order valence-corrected chi connectivity index (χ3v) is 4.71. The summed E-state index contributed by atoms with van der Waals surface area (Å²) in [5, 5.41) is 3.08. The van der Waals surface area contributed by atoms with Gasteiger partial charge >= 0.3 is 0 Å². The first-order valence-corrected chi connectivity index (χ1v) is 9.38. The second-order valence-electron chi connectivity index (χ2n) is 7.08. The van der Waals surface area contributed by atoms with Crippen molar-refractivity contribution >= 4 is 12.0 Å². The molecule has 0 spiro atoms. The maximum atomic E-state index is 12.5. The molecule has 0 fully saturated rings. The number of nitrogens with one attached hydrogen (secondary N) is 1. The van der Waals surface area contributed by atoms with Crippen LogP contribution >= 0.6 is 0 Å². The van der Waals surface area contributed by atoms with Crippen LogP contribution in [0, 0.1) is 5.92 Å². The van der Waals surface area contributed by atoms with Crippen molar-refractivity contribution in [2.75, 3.05) is 20.0 Å². The number of amides is 1. The SMILES string of the molecule is CC(C)C(NC(=O)C=Cc1ccc2c(c1)OCO2)c1ccc2c(c1)OCCO2. The van der Waals surface area contributed by atoms with E-state index >= 15 is 0 Å². The number of hydrogen-bond donors (Lipinski definition) is 1. The van der Waals surface area contributed by atoms with Gasteiger partial charge in [0.1, 0.15) is 13.2 Å². The van der Waals surface area contributed by atoms with Gasteiger partial charge in [0, 0.05) is 6.08 Å². The Morgan fingerprint density at radius 3 is 2.43 bits per heavy atom. The van der Waals surface area contributed by atoms with Gasteiger partial charge < -0.3 is 24.3 Å². The van der Waals surface area contributed by atoms with Gasteiger partial charge in [-0.15, -0.1) is 0 Å². The van der Waals surface area contributed by atoms with E-state index < -0.39 is 0 Å². The van der Waals surface area contributed by atoms with Gasteiger partial charge in [-0.05, 0) is 47.4 Å². The van der Waals surface area contributed by atoms with Gasteiger partial charge in [0.05, 0.1) is 6.04 Å². The van der Waals surface area contributed by atoms with E-state index in [0.717, 1.165) is 28.4 Å². The van der Waals surface area contributed by atoms with Crippen molar-refractivity contribution in [3.8, 4) is 23.0 Å². The van der Waals surface area contributed by atoms with Crippen LogP contribution in [0.15, 0.2) is 42.5 Å². The number of carbonyl (C=O) groups is 1. The summed E-state index contributed by atoms with van der Waals surface area (Å²) >= 11 is 0. The van der Waals surface area contributed by atoms with E-state index in [-0.39, 0.29) is 24.7 Å². The summed E-state index contributed by atoms with van der Waals surface area (Å²) in [5.41, 5.74) is 1.86. The molecule has 2 aromatic rings. The van der Waals surface area contributed by atoms with E-state index in [0.29, 0.717) is 19.0 Å². The molecule has 0 aliphatic carbocycles. The average Bonchev–Trinajstić information content (AvgIpc) is 3.18. The van der Waals surface area contributed by atoms with Crippen LogP contribution in [0.1, 0.15) is 31.0 Å². The van der Waals surface area contributed by atoms with Crippen LogP contribution in [0.4, 0.5) is 0 Å². The normalized spacial score (nSPS) is 15.7. The lowest BCUT2D eigenvalue weighted by Gasteiger charge is -2.25. The lowest BCUT2D eigenvalue weighted by molar-refractivity contribution is -0.117. The van der Waals surface area contributed by atoms with Gasteiger partial charge in [0.25, 0.3) is 0 Å². The number of rotatable bonds is 5. The smallest absolute Gasteiger partial charge is 0.244 e. The first kappa shape index (κ1) is 18.2. The van der Waals surface area contributed by atoms with E-state index in [2.05, 4.69) is 19.2 Å². The summed E-state index contributed by atoms with van der Waals surface area (Å²) in [5.74, 6) is 2.93. The van der Waals surface area contributed by atoms with Crippen LogP contribution in [0.5, 0.6) is 23.0 Å². The standard InChI is InChI=1S/C22H23NO5/c1-14(2)22(16-5-7-17-20(12-16)26-10-9-25-17)23-21(24)8-4-15-3-6-18-19(11-15)28-13-27-18/h3-8,11-12,14,22H,9-10,13H2,1-2H3,(H,23,24). The van der Waals surface area contributed by atoms with Gasteiger partial charge in [-0.3, -0.25) is 4.79 Å². The van der Waals surface area contributed by atoms with Gasteiger partial charge in [-0.2, -0.15) is 0 Å². The quantitative estimate of drug-likeness (QED) is 0.800. The second-order valence-corrected chi connectivity index (χ2v) is 7.08. The topological polar surface area (TPSA) is 66.0 Å². The van der Waals surface area contributed by atoms with Crippen molar-refractivity contribution in [1.82, 2.24) is 5.32 Å². The average molecular weight is 381 g/mol. The molecule has 6 nitrogen and oxygen atoms in total. The minimum atomic E-state index is -0.161. The van der Waals surface area contributed by atoms with Crippen LogP contribution < -0.4 is 24.3 Å². The molecule has 4 rings (SSSR count). The van der Waals surface area contributed by atoms with E-state index in [1.54, 1.807) is 6.08 Å². The molecule has 28 heavy (non-hydrogen) atoms. The number of hydrogen-bond acceptors (Lipinski definition) is 5. The van der Waals surface area contributed by atoms with Gasteiger partial charge in [0.15, 0.2) is 23.0 Å². The molecular weight excluding hydrogens is 358 g/mol. The van der Waals surface area contributed by atoms with Crippen molar-refractivity contribution in [1.29, 1.82) is 0 Å². The Morgan fingerprint density at radius 1 is 0.929 bits per heavy atom. The zero-order valence-electron chi connectivity index (χ0n) is 15.9. The molecule has 0 saturated heterocycles. The summed E-state index contributed by atoms with van der Waals surface area (Å²) in [6, 6.07) is 11.3. The predicted octanol–water partition coefficient (Wildman–Crippen LogP) is 3.71. The van der Waals surface area contributed by atoms with Crippen LogP contribution in [-0.2, 0) is 4.79 Å². The third kappa shape index (κ3) is 3.91. The molecule has 2 aromatic carbocycles. The number of fused-ring (bicyclic) bond motifs is 2. The van der Waals surface area contributed by atoms with Gasteiger partial charge in [-0.1, -0.05) is 26.0 Å². The molecule has 1 N–H and O–H groups in total. The fraction of sp³-hybridized carbons (Fsp3) is 0.318. The van der Waals surface area contributed by atoms with Crippen molar-refractivity contribution < 1.29 is 23.7 Å². The molecule has 0 radical (unpaired) electrons. The zero-order chi connectivity index (χ0) is 19.5. The minimum Gasteiger partial charge on any atom is -0.486 e. The van der Waals surface area contributed by atoms with Crippen molar-refractivity contribution in [3.05, 3.63) is 53.6 Å². The van der Waals surface area contributed by atoms with Gasteiger partial charge in [-0.25, -0.2) is 0 Å². The molecule has 6 heteroatoms. The van der Waals surface area contributed by atoms with E-state index in [4.69, 9.17) is 18.9 Å². The Kier molecular flexibility index (Phi) is 5.10. The first-order chi connectivity index (χ1) is 13.6. The molecular formula is C22H23NO5. The molecule has 0 bridgehead atoms. The third-order valence-electron chi connectivity index (χ3n) is 4.71. The molecule has 2 heterocycles. The molecule has 1 amide bonds. The largest absolute Gasteiger partial charge is 0.486 e. The van der Waals surface area contributed by atoms with Crippen LogP contribution in [0.3, 0.4) is 0 Å². The Hall–Kier alpha value is -3.15. The molecule has 146 valence electrons. The molecule has 1 unspecified atom stereocenters. The van der Waals surface area contributed by atoms with Crippen LogP contribution in [-0.4, -0.2) is 25.9 Å². The zero-order valence-corrected chi connectivity index (χ0v) is 15.9.